The summed E-state index contributed by atoms with van der Waals surface area (Å²) in [6.45, 7) is 0.728. The lowest BCUT2D eigenvalue weighted by molar-refractivity contribution is 0.611. The van der Waals surface area contributed by atoms with Crippen molar-refractivity contribution < 1.29 is 0 Å². The van der Waals surface area contributed by atoms with Crippen molar-refractivity contribution in [3.05, 3.63) is 71.3 Å². The largest absolute Gasteiger partial charge is 0.299 e. The smallest absolute Gasteiger partial charge is 0.261 e. The average molecular weight is 310 g/mol. The molecule has 0 atom stereocenters. The third-order valence-corrected chi connectivity index (χ3v) is 4.64. The second kappa shape index (κ2) is 7.27. The highest BCUT2D eigenvalue weighted by Crippen LogP contribution is 2.18. The van der Waals surface area contributed by atoms with Crippen LogP contribution in [0, 0.1) is 0 Å². The number of rotatable bonds is 6. The van der Waals surface area contributed by atoms with Crippen LogP contribution in [0.3, 0.4) is 0 Å². The first kappa shape index (κ1) is 14.9. The molecule has 0 bridgehead atoms. The zero-order valence-electron chi connectivity index (χ0n) is 12.3. The standard InChI is InChI=1S/C18H18N2OS/c21-18-16-10-4-5-11-17(16)19-14-20(18)12-6-7-13-22-15-8-2-1-3-9-15/h1-5,8-11,14H,6-7,12-13H2. The summed E-state index contributed by atoms with van der Waals surface area (Å²) in [4.78, 5) is 18.0. The molecule has 0 amide bonds. The van der Waals surface area contributed by atoms with Crippen LogP contribution in [-0.4, -0.2) is 15.3 Å². The summed E-state index contributed by atoms with van der Waals surface area (Å²) in [5.41, 5.74) is 0.824. The third-order valence-electron chi connectivity index (χ3n) is 3.54. The van der Waals surface area contributed by atoms with Crippen LogP contribution in [0.5, 0.6) is 0 Å². The van der Waals surface area contributed by atoms with Crippen molar-refractivity contribution in [2.24, 2.45) is 0 Å². The van der Waals surface area contributed by atoms with Gasteiger partial charge in [-0.25, -0.2) is 4.98 Å². The Hall–Kier alpha value is -2.07. The van der Waals surface area contributed by atoms with Gasteiger partial charge in [-0.05, 0) is 42.9 Å². The van der Waals surface area contributed by atoms with E-state index in [0.29, 0.717) is 5.39 Å². The number of hydrogen-bond donors (Lipinski definition) is 0. The molecule has 0 saturated carbocycles. The summed E-state index contributed by atoms with van der Waals surface area (Å²) in [5, 5.41) is 0.698. The lowest BCUT2D eigenvalue weighted by Gasteiger charge is -2.06. The Morgan fingerprint density at radius 1 is 0.955 bits per heavy atom. The van der Waals surface area contributed by atoms with Gasteiger partial charge in [0.25, 0.3) is 5.56 Å². The van der Waals surface area contributed by atoms with Gasteiger partial charge in [-0.15, -0.1) is 11.8 Å². The molecule has 112 valence electrons. The SMILES string of the molecule is O=c1c2ccccc2ncn1CCCCSc1ccccc1. The molecule has 0 aliphatic carbocycles. The number of benzene rings is 2. The van der Waals surface area contributed by atoms with E-state index >= 15 is 0 Å². The fourth-order valence-corrected chi connectivity index (χ4v) is 3.29. The molecule has 0 aliphatic heterocycles. The molecule has 0 spiro atoms. The molecule has 4 heteroatoms. The van der Waals surface area contributed by atoms with Crippen molar-refractivity contribution in [2.75, 3.05) is 5.75 Å². The second-order valence-electron chi connectivity index (χ2n) is 5.13. The number of para-hydroxylation sites is 1. The molecule has 1 aromatic heterocycles. The van der Waals surface area contributed by atoms with Crippen LogP contribution in [0.15, 0.2) is 70.6 Å². The third kappa shape index (κ3) is 3.57. The van der Waals surface area contributed by atoms with E-state index in [1.54, 1.807) is 10.9 Å². The van der Waals surface area contributed by atoms with Crippen LogP contribution in [-0.2, 0) is 6.54 Å². The summed E-state index contributed by atoms with van der Waals surface area (Å²) in [6.07, 6.45) is 3.73. The first-order valence-corrected chi connectivity index (χ1v) is 8.45. The Morgan fingerprint density at radius 3 is 2.59 bits per heavy atom. The second-order valence-corrected chi connectivity index (χ2v) is 6.30. The molecule has 1 heterocycles. The quantitative estimate of drug-likeness (QED) is 0.510. The highest BCUT2D eigenvalue weighted by Gasteiger charge is 2.02. The Balaban J connectivity index is 1.54. The number of fused-ring (bicyclic) bond motifs is 1. The Kier molecular flexibility index (Phi) is 4.91. The van der Waals surface area contributed by atoms with Crippen LogP contribution in [0.4, 0.5) is 0 Å². The van der Waals surface area contributed by atoms with Gasteiger partial charge in [0.15, 0.2) is 0 Å². The van der Waals surface area contributed by atoms with E-state index in [-0.39, 0.29) is 5.56 Å². The van der Waals surface area contributed by atoms with Gasteiger partial charge in [0, 0.05) is 11.4 Å². The number of aromatic nitrogens is 2. The molecule has 0 saturated heterocycles. The summed E-state index contributed by atoms with van der Waals surface area (Å²) < 4.78 is 1.72. The number of thioether (sulfide) groups is 1. The van der Waals surface area contributed by atoms with Crippen molar-refractivity contribution in [3.63, 3.8) is 0 Å². The fraction of sp³-hybridized carbons (Fsp3) is 0.222. The molecular weight excluding hydrogens is 292 g/mol. The van der Waals surface area contributed by atoms with Crippen molar-refractivity contribution in [3.8, 4) is 0 Å². The lowest BCUT2D eigenvalue weighted by atomic mass is 10.2. The molecule has 0 N–H and O–H groups in total. The van der Waals surface area contributed by atoms with Crippen LogP contribution >= 0.6 is 11.8 Å². The van der Waals surface area contributed by atoms with E-state index in [9.17, 15) is 4.79 Å². The van der Waals surface area contributed by atoms with Crippen LogP contribution in [0.2, 0.25) is 0 Å². The van der Waals surface area contributed by atoms with Crippen LogP contribution < -0.4 is 5.56 Å². The molecule has 3 rings (SSSR count). The Labute approximate surface area is 134 Å². The molecule has 0 aliphatic rings. The monoisotopic (exact) mass is 310 g/mol. The van der Waals surface area contributed by atoms with E-state index in [0.717, 1.165) is 30.7 Å². The van der Waals surface area contributed by atoms with Gasteiger partial charge in [0.1, 0.15) is 0 Å². The van der Waals surface area contributed by atoms with E-state index < -0.39 is 0 Å². The minimum Gasteiger partial charge on any atom is -0.299 e. The average Bonchev–Trinajstić information content (AvgIpc) is 2.58. The first-order valence-electron chi connectivity index (χ1n) is 7.46. The summed E-state index contributed by atoms with van der Waals surface area (Å²) in [6, 6.07) is 17.9. The summed E-state index contributed by atoms with van der Waals surface area (Å²) >= 11 is 1.86. The molecule has 0 unspecified atom stereocenters. The maximum atomic E-state index is 12.3. The number of hydrogen-bond acceptors (Lipinski definition) is 3. The van der Waals surface area contributed by atoms with E-state index in [2.05, 4.69) is 29.2 Å². The Bertz CT molecular complexity index is 799. The van der Waals surface area contributed by atoms with Crippen molar-refractivity contribution in [2.45, 2.75) is 24.3 Å². The molecule has 3 aromatic rings. The molecule has 2 aromatic carbocycles. The maximum Gasteiger partial charge on any atom is 0.261 e. The van der Waals surface area contributed by atoms with E-state index in [1.807, 2.05) is 42.1 Å². The lowest BCUT2D eigenvalue weighted by Crippen LogP contribution is -2.20. The molecular formula is C18H18N2OS. The van der Waals surface area contributed by atoms with Crippen molar-refractivity contribution >= 4 is 22.7 Å². The van der Waals surface area contributed by atoms with Crippen LogP contribution in [0.25, 0.3) is 10.9 Å². The molecule has 0 fully saturated rings. The van der Waals surface area contributed by atoms with Gasteiger partial charge in [-0.1, -0.05) is 30.3 Å². The minimum atomic E-state index is 0.0568. The number of unbranched alkanes of at least 4 members (excludes halogenated alkanes) is 1. The van der Waals surface area contributed by atoms with Gasteiger partial charge in [0.2, 0.25) is 0 Å². The highest BCUT2D eigenvalue weighted by atomic mass is 32.2. The van der Waals surface area contributed by atoms with Gasteiger partial charge in [-0.2, -0.15) is 0 Å². The minimum absolute atomic E-state index is 0.0568. The number of nitrogens with zero attached hydrogens (tertiary/aromatic N) is 2. The predicted molar refractivity (Wildman–Crippen MR) is 92.4 cm³/mol. The first-order chi connectivity index (χ1) is 10.8. The fourth-order valence-electron chi connectivity index (χ4n) is 2.36. The summed E-state index contributed by atoms with van der Waals surface area (Å²) in [7, 11) is 0. The predicted octanol–water partition coefficient (Wildman–Crippen LogP) is 3.97. The molecule has 3 nitrogen and oxygen atoms in total. The van der Waals surface area contributed by atoms with E-state index in [1.165, 1.54) is 4.90 Å². The molecule has 22 heavy (non-hydrogen) atoms. The van der Waals surface area contributed by atoms with Crippen molar-refractivity contribution in [1.29, 1.82) is 0 Å². The van der Waals surface area contributed by atoms with Gasteiger partial charge in [-0.3, -0.25) is 9.36 Å². The highest BCUT2D eigenvalue weighted by molar-refractivity contribution is 7.99. The Morgan fingerprint density at radius 2 is 1.73 bits per heavy atom. The van der Waals surface area contributed by atoms with Crippen LogP contribution in [0.1, 0.15) is 12.8 Å². The van der Waals surface area contributed by atoms with Gasteiger partial charge < -0.3 is 0 Å². The topological polar surface area (TPSA) is 34.9 Å². The van der Waals surface area contributed by atoms with Gasteiger partial charge >= 0.3 is 0 Å². The maximum absolute atomic E-state index is 12.3. The molecule has 0 radical (unpaired) electrons. The number of aryl methyl sites for hydroxylation is 1. The zero-order valence-corrected chi connectivity index (χ0v) is 13.1. The normalized spacial score (nSPS) is 10.9. The van der Waals surface area contributed by atoms with E-state index in [4.69, 9.17) is 0 Å². The van der Waals surface area contributed by atoms with Gasteiger partial charge in [0.05, 0.1) is 17.2 Å². The van der Waals surface area contributed by atoms with Crippen molar-refractivity contribution in [1.82, 2.24) is 9.55 Å². The summed E-state index contributed by atoms with van der Waals surface area (Å²) in [5.74, 6) is 1.07. The zero-order chi connectivity index (χ0) is 15.2.